The van der Waals surface area contributed by atoms with Gasteiger partial charge in [-0.3, -0.25) is 0 Å². The second-order valence-corrected chi connectivity index (χ2v) is 3.77. The summed E-state index contributed by atoms with van der Waals surface area (Å²) in [6.07, 6.45) is 4.96. The molecule has 2 rings (SSSR count). The number of aromatic nitrogens is 3. The van der Waals surface area contributed by atoms with Gasteiger partial charge in [0.2, 0.25) is 5.88 Å². The first-order chi connectivity index (χ1) is 8.76. The van der Waals surface area contributed by atoms with E-state index in [4.69, 9.17) is 15.6 Å². The number of aliphatic hydroxyl groups is 1. The van der Waals surface area contributed by atoms with E-state index < -0.39 is 6.04 Å². The van der Waals surface area contributed by atoms with E-state index in [-0.39, 0.29) is 6.61 Å². The Morgan fingerprint density at radius 2 is 2.28 bits per heavy atom. The summed E-state index contributed by atoms with van der Waals surface area (Å²) in [6.45, 7) is 2.36. The molecule has 1 atom stereocenters. The number of imidazole rings is 1. The van der Waals surface area contributed by atoms with E-state index in [1.807, 2.05) is 13.0 Å². The minimum absolute atomic E-state index is 0.129. The number of nitrogens with zero attached hydrogens (tertiary/aromatic N) is 3. The van der Waals surface area contributed by atoms with Gasteiger partial charge in [0, 0.05) is 6.07 Å². The monoisotopic (exact) mass is 248 g/mol. The zero-order chi connectivity index (χ0) is 13.0. The van der Waals surface area contributed by atoms with Gasteiger partial charge in [-0.25, -0.2) is 9.97 Å². The van der Waals surface area contributed by atoms with E-state index in [1.165, 1.54) is 0 Å². The largest absolute Gasteiger partial charge is 0.478 e. The number of hydrogen-bond acceptors (Lipinski definition) is 5. The highest BCUT2D eigenvalue weighted by Gasteiger charge is 2.11. The molecule has 3 N–H and O–H groups in total. The van der Waals surface area contributed by atoms with Crippen molar-refractivity contribution in [2.45, 2.75) is 13.0 Å². The van der Waals surface area contributed by atoms with Crippen LogP contribution < -0.4 is 10.5 Å². The van der Waals surface area contributed by atoms with Crippen molar-refractivity contribution in [3.05, 3.63) is 36.5 Å². The van der Waals surface area contributed by atoms with Crippen LogP contribution >= 0.6 is 0 Å². The molecular formula is C12H16N4O2. The van der Waals surface area contributed by atoms with Crippen LogP contribution in [-0.2, 0) is 0 Å². The van der Waals surface area contributed by atoms with Crippen molar-refractivity contribution in [1.29, 1.82) is 0 Å². The summed E-state index contributed by atoms with van der Waals surface area (Å²) in [6, 6.07) is 3.19. The Hall–Kier alpha value is -1.92. The third-order valence-corrected chi connectivity index (χ3v) is 2.53. The van der Waals surface area contributed by atoms with Crippen molar-refractivity contribution in [3.63, 3.8) is 0 Å². The molecule has 0 aliphatic heterocycles. The van der Waals surface area contributed by atoms with Gasteiger partial charge in [0.15, 0.2) is 0 Å². The normalized spacial score (nSPS) is 12.4. The maximum absolute atomic E-state index is 9.09. The molecule has 96 valence electrons. The van der Waals surface area contributed by atoms with Crippen molar-refractivity contribution >= 4 is 0 Å². The molecule has 0 aliphatic carbocycles. The lowest BCUT2D eigenvalue weighted by atomic mass is 10.2. The molecule has 6 heteroatoms. The summed E-state index contributed by atoms with van der Waals surface area (Å²) in [4.78, 5) is 8.22. The molecule has 0 saturated heterocycles. The Bertz CT molecular complexity index is 495. The summed E-state index contributed by atoms with van der Waals surface area (Å²) >= 11 is 0. The van der Waals surface area contributed by atoms with Gasteiger partial charge in [-0.05, 0) is 13.0 Å². The molecule has 0 saturated carbocycles. The van der Waals surface area contributed by atoms with E-state index in [2.05, 4.69) is 9.97 Å². The van der Waals surface area contributed by atoms with Crippen LogP contribution in [0.2, 0.25) is 0 Å². The van der Waals surface area contributed by atoms with E-state index in [9.17, 15) is 0 Å². The topological polar surface area (TPSA) is 86.2 Å². The first-order valence-electron chi connectivity index (χ1n) is 5.74. The molecule has 0 fully saturated rings. The van der Waals surface area contributed by atoms with Gasteiger partial charge in [0.05, 0.1) is 49.4 Å². The lowest BCUT2D eigenvalue weighted by molar-refractivity contribution is 0.265. The van der Waals surface area contributed by atoms with E-state index in [0.717, 1.165) is 11.4 Å². The number of hydrogen-bond donors (Lipinski definition) is 2. The van der Waals surface area contributed by atoms with Gasteiger partial charge < -0.3 is 20.1 Å². The molecule has 0 aliphatic rings. The number of ether oxygens (including phenoxy) is 1. The first kappa shape index (κ1) is 12.5. The van der Waals surface area contributed by atoms with Crippen molar-refractivity contribution in [2.75, 3.05) is 13.2 Å². The molecule has 2 heterocycles. The molecule has 6 nitrogen and oxygen atoms in total. The zero-order valence-electron chi connectivity index (χ0n) is 10.2. The smallest absolute Gasteiger partial charge is 0.213 e. The minimum Gasteiger partial charge on any atom is -0.478 e. The predicted molar refractivity (Wildman–Crippen MR) is 66.5 cm³/mol. The maximum Gasteiger partial charge on any atom is 0.213 e. The SMILES string of the molecule is CCOc1ccc(-n2cncc2C(N)CO)cn1. The fourth-order valence-electron chi connectivity index (χ4n) is 1.64. The lowest BCUT2D eigenvalue weighted by Crippen LogP contribution is -2.18. The molecule has 0 aromatic carbocycles. The van der Waals surface area contributed by atoms with Gasteiger partial charge >= 0.3 is 0 Å². The van der Waals surface area contributed by atoms with Crippen LogP contribution in [0.3, 0.4) is 0 Å². The summed E-state index contributed by atoms with van der Waals surface area (Å²) < 4.78 is 7.07. The quantitative estimate of drug-likeness (QED) is 0.811. The van der Waals surface area contributed by atoms with Crippen molar-refractivity contribution in [1.82, 2.24) is 14.5 Å². The minimum atomic E-state index is -0.459. The summed E-state index contributed by atoms with van der Waals surface area (Å²) in [5.74, 6) is 0.578. The molecule has 0 bridgehead atoms. The predicted octanol–water partition coefficient (Wildman–Crippen LogP) is 0.658. The van der Waals surface area contributed by atoms with E-state index in [0.29, 0.717) is 12.5 Å². The van der Waals surface area contributed by atoms with E-state index in [1.54, 1.807) is 29.4 Å². The zero-order valence-corrected chi connectivity index (χ0v) is 10.2. The standard InChI is InChI=1S/C12H16N4O2/c1-2-18-12-4-3-9(5-15-12)16-8-14-6-11(16)10(13)7-17/h3-6,8,10,17H,2,7,13H2,1H3. The second kappa shape index (κ2) is 5.61. The summed E-state index contributed by atoms with van der Waals surface area (Å²) in [7, 11) is 0. The Morgan fingerprint density at radius 3 is 2.89 bits per heavy atom. The van der Waals surface area contributed by atoms with Crippen LogP contribution in [0.1, 0.15) is 18.7 Å². The fourth-order valence-corrected chi connectivity index (χ4v) is 1.64. The Kier molecular flexibility index (Phi) is 3.91. The van der Waals surface area contributed by atoms with Gasteiger partial charge in [-0.15, -0.1) is 0 Å². The molecule has 18 heavy (non-hydrogen) atoms. The molecule has 1 unspecified atom stereocenters. The van der Waals surface area contributed by atoms with Crippen LogP contribution in [0.25, 0.3) is 5.69 Å². The average molecular weight is 248 g/mol. The molecular weight excluding hydrogens is 232 g/mol. The summed E-state index contributed by atoms with van der Waals surface area (Å²) in [5.41, 5.74) is 7.37. The molecule has 2 aromatic rings. The average Bonchev–Trinajstić information content (AvgIpc) is 2.88. The van der Waals surface area contributed by atoms with E-state index >= 15 is 0 Å². The third kappa shape index (κ3) is 2.49. The highest BCUT2D eigenvalue weighted by atomic mass is 16.5. The first-order valence-corrected chi connectivity index (χ1v) is 5.74. The number of aliphatic hydroxyl groups excluding tert-OH is 1. The van der Waals surface area contributed by atoms with Gasteiger partial charge in [-0.1, -0.05) is 0 Å². The van der Waals surface area contributed by atoms with Crippen molar-refractivity contribution in [3.8, 4) is 11.6 Å². The molecule has 0 radical (unpaired) electrons. The number of nitrogens with two attached hydrogens (primary N) is 1. The van der Waals surface area contributed by atoms with Crippen LogP contribution in [0.4, 0.5) is 0 Å². The highest BCUT2D eigenvalue weighted by molar-refractivity contribution is 5.34. The van der Waals surface area contributed by atoms with Gasteiger partial charge in [-0.2, -0.15) is 0 Å². The van der Waals surface area contributed by atoms with Crippen LogP contribution in [0, 0.1) is 0 Å². The molecule has 2 aromatic heterocycles. The Morgan fingerprint density at radius 1 is 1.44 bits per heavy atom. The number of pyridine rings is 1. The van der Waals surface area contributed by atoms with Crippen molar-refractivity contribution in [2.24, 2.45) is 5.73 Å². The van der Waals surface area contributed by atoms with Crippen LogP contribution in [-0.4, -0.2) is 32.9 Å². The van der Waals surface area contributed by atoms with Gasteiger partial charge in [0.1, 0.15) is 0 Å². The fraction of sp³-hybridized carbons (Fsp3) is 0.333. The third-order valence-electron chi connectivity index (χ3n) is 2.53. The van der Waals surface area contributed by atoms with Crippen LogP contribution in [0.15, 0.2) is 30.9 Å². The lowest BCUT2D eigenvalue weighted by Gasteiger charge is -2.12. The van der Waals surface area contributed by atoms with Crippen LogP contribution in [0.5, 0.6) is 5.88 Å². The maximum atomic E-state index is 9.09. The molecule has 0 amide bonds. The number of rotatable bonds is 5. The van der Waals surface area contributed by atoms with Crippen molar-refractivity contribution < 1.29 is 9.84 Å². The Labute approximate surface area is 105 Å². The molecule has 0 spiro atoms. The highest BCUT2D eigenvalue weighted by Crippen LogP contribution is 2.17. The summed E-state index contributed by atoms with van der Waals surface area (Å²) in [5, 5.41) is 9.09. The Balaban J connectivity index is 2.28. The van der Waals surface area contributed by atoms with Gasteiger partial charge in [0.25, 0.3) is 0 Å². The second-order valence-electron chi connectivity index (χ2n) is 3.77.